The van der Waals surface area contributed by atoms with Crippen molar-refractivity contribution in [3.8, 4) is 0 Å². The molecule has 1 fully saturated rings. The van der Waals surface area contributed by atoms with Crippen LogP contribution in [0.25, 0.3) is 0 Å². The molecule has 1 saturated heterocycles. The molecule has 27 heavy (non-hydrogen) atoms. The molecule has 146 valence electrons. The van der Waals surface area contributed by atoms with Crippen LogP contribution in [0.3, 0.4) is 0 Å². The van der Waals surface area contributed by atoms with E-state index in [4.69, 9.17) is 0 Å². The monoisotopic (exact) mass is 411 g/mol. The summed E-state index contributed by atoms with van der Waals surface area (Å²) in [5.74, 6) is -1.21. The third kappa shape index (κ3) is 4.92. The number of thiophene rings is 1. The molecule has 2 heterocycles. The maximum Gasteiger partial charge on any atom is 0.240 e. The zero-order valence-corrected chi connectivity index (χ0v) is 16.6. The molecule has 0 saturated carbocycles. The Kier molecular flexibility index (Phi) is 6.25. The highest BCUT2D eigenvalue weighted by atomic mass is 32.2. The number of benzene rings is 1. The van der Waals surface area contributed by atoms with Gasteiger partial charge in [-0.25, -0.2) is 17.5 Å². The van der Waals surface area contributed by atoms with Gasteiger partial charge in [-0.15, -0.1) is 0 Å². The van der Waals surface area contributed by atoms with Crippen LogP contribution in [0.2, 0.25) is 0 Å². The van der Waals surface area contributed by atoms with E-state index in [0.29, 0.717) is 0 Å². The first kappa shape index (κ1) is 19.9. The smallest absolute Gasteiger partial charge is 0.240 e. The highest BCUT2D eigenvalue weighted by Crippen LogP contribution is 2.27. The van der Waals surface area contributed by atoms with Crippen molar-refractivity contribution in [2.75, 3.05) is 25.0 Å². The zero-order chi connectivity index (χ0) is 19.4. The normalized spacial score (nSPS) is 16.4. The second-order valence-corrected chi connectivity index (χ2v) is 9.04. The van der Waals surface area contributed by atoms with Gasteiger partial charge in [0, 0.05) is 19.5 Å². The predicted octanol–water partition coefficient (Wildman–Crippen LogP) is 2.96. The summed E-state index contributed by atoms with van der Waals surface area (Å²) in [5.41, 5.74) is 1.03. The van der Waals surface area contributed by atoms with Crippen LogP contribution in [0.5, 0.6) is 0 Å². The minimum atomic E-state index is -3.87. The van der Waals surface area contributed by atoms with Crippen LogP contribution < -0.4 is 10.0 Å². The second-order valence-electron chi connectivity index (χ2n) is 6.49. The molecule has 6 nitrogen and oxygen atoms in total. The SMILES string of the molecule is CC(=O)Nc1ccc(S(=O)(=O)NCC(c2ccsc2)N2CCCC2)cc1F. The summed E-state index contributed by atoms with van der Waals surface area (Å²) < 4.78 is 42.0. The fourth-order valence-electron chi connectivity index (χ4n) is 3.20. The van der Waals surface area contributed by atoms with E-state index in [2.05, 4.69) is 14.9 Å². The summed E-state index contributed by atoms with van der Waals surface area (Å²) in [6.07, 6.45) is 2.20. The van der Waals surface area contributed by atoms with Gasteiger partial charge in [-0.05, 0) is 66.5 Å². The van der Waals surface area contributed by atoms with E-state index in [1.165, 1.54) is 19.1 Å². The minimum absolute atomic E-state index is 0.0444. The van der Waals surface area contributed by atoms with E-state index in [9.17, 15) is 17.6 Å². The molecular weight excluding hydrogens is 389 g/mol. The molecule has 1 aromatic heterocycles. The number of sulfonamides is 1. The van der Waals surface area contributed by atoms with Gasteiger partial charge in [0.15, 0.2) is 0 Å². The van der Waals surface area contributed by atoms with Crippen LogP contribution >= 0.6 is 11.3 Å². The van der Waals surface area contributed by atoms with Crippen molar-refractivity contribution in [1.29, 1.82) is 0 Å². The van der Waals surface area contributed by atoms with E-state index in [1.54, 1.807) is 11.3 Å². The molecule has 1 unspecified atom stereocenters. The van der Waals surface area contributed by atoms with Gasteiger partial charge in [-0.3, -0.25) is 9.69 Å². The van der Waals surface area contributed by atoms with Crippen LogP contribution in [0, 0.1) is 5.82 Å². The molecule has 1 amide bonds. The third-order valence-electron chi connectivity index (χ3n) is 4.54. The summed E-state index contributed by atoms with van der Waals surface area (Å²) in [7, 11) is -3.87. The van der Waals surface area contributed by atoms with Gasteiger partial charge >= 0.3 is 0 Å². The summed E-state index contributed by atoms with van der Waals surface area (Å²) >= 11 is 1.58. The molecule has 0 aliphatic carbocycles. The lowest BCUT2D eigenvalue weighted by Crippen LogP contribution is -2.36. The Morgan fingerprint density at radius 1 is 1.30 bits per heavy atom. The molecule has 0 spiro atoms. The maximum absolute atomic E-state index is 14.1. The first-order chi connectivity index (χ1) is 12.9. The molecule has 0 bridgehead atoms. The van der Waals surface area contributed by atoms with Crippen LogP contribution in [0.4, 0.5) is 10.1 Å². The van der Waals surface area contributed by atoms with Crippen molar-refractivity contribution in [2.45, 2.75) is 30.7 Å². The fourth-order valence-corrected chi connectivity index (χ4v) is 4.96. The van der Waals surface area contributed by atoms with E-state index >= 15 is 0 Å². The Bertz CT molecular complexity index is 895. The summed E-state index contributed by atoms with van der Waals surface area (Å²) in [6, 6.07) is 5.42. The number of amides is 1. The topological polar surface area (TPSA) is 78.5 Å². The predicted molar refractivity (Wildman–Crippen MR) is 104 cm³/mol. The Morgan fingerprint density at radius 2 is 2.04 bits per heavy atom. The average Bonchev–Trinajstić information content (AvgIpc) is 3.30. The summed E-state index contributed by atoms with van der Waals surface area (Å²) in [6.45, 7) is 3.34. The zero-order valence-electron chi connectivity index (χ0n) is 14.9. The van der Waals surface area contributed by atoms with Gasteiger partial charge in [-0.1, -0.05) is 0 Å². The molecule has 2 N–H and O–H groups in total. The minimum Gasteiger partial charge on any atom is -0.324 e. The molecule has 1 atom stereocenters. The van der Waals surface area contributed by atoms with E-state index in [-0.39, 0.29) is 23.2 Å². The number of nitrogens with one attached hydrogen (secondary N) is 2. The highest BCUT2D eigenvalue weighted by Gasteiger charge is 2.26. The van der Waals surface area contributed by atoms with E-state index in [1.807, 2.05) is 16.8 Å². The number of hydrogen-bond acceptors (Lipinski definition) is 5. The van der Waals surface area contributed by atoms with Crippen LogP contribution in [0.1, 0.15) is 31.4 Å². The third-order valence-corrected chi connectivity index (χ3v) is 6.66. The Morgan fingerprint density at radius 3 is 2.63 bits per heavy atom. The lowest BCUT2D eigenvalue weighted by atomic mass is 10.1. The number of anilines is 1. The second kappa shape index (κ2) is 8.47. The van der Waals surface area contributed by atoms with Gasteiger partial charge < -0.3 is 5.32 Å². The Labute approximate surface area is 162 Å². The van der Waals surface area contributed by atoms with Crippen LogP contribution in [0.15, 0.2) is 39.9 Å². The van der Waals surface area contributed by atoms with Crippen molar-refractivity contribution < 1.29 is 17.6 Å². The van der Waals surface area contributed by atoms with E-state index < -0.39 is 21.7 Å². The van der Waals surface area contributed by atoms with Crippen molar-refractivity contribution >= 4 is 33.0 Å². The molecule has 1 aliphatic rings. The molecule has 3 rings (SSSR count). The van der Waals surface area contributed by atoms with Gasteiger partial charge in [0.05, 0.1) is 10.6 Å². The average molecular weight is 412 g/mol. The molecule has 1 aromatic carbocycles. The first-order valence-electron chi connectivity index (χ1n) is 8.70. The highest BCUT2D eigenvalue weighted by molar-refractivity contribution is 7.89. The molecular formula is C18H22FN3O3S2. The fraction of sp³-hybridized carbons (Fsp3) is 0.389. The number of hydrogen-bond donors (Lipinski definition) is 2. The van der Waals surface area contributed by atoms with Gasteiger partial charge in [-0.2, -0.15) is 11.3 Å². The standard InChI is InChI=1S/C18H22FN3O3S2/c1-13(23)21-17-5-4-15(10-16(17)19)27(24,25)20-11-18(14-6-9-26-12-14)22-7-2-3-8-22/h4-6,9-10,12,18,20H,2-3,7-8,11H2,1H3,(H,21,23). The first-order valence-corrected chi connectivity index (χ1v) is 11.1. The molecule has 9 heteroatoms. The number of nitrogens with zero attached hydrogens (tertiary/aromatic N) is 1. The van der Waals surface area contributed by atoms with Crippen LogP contribution in [-0.2, 0) is 14.8 Å². The van der Waals surface area contributed by atoms with E-state index in [0.717, 1.165) is 37.6 Å². The van der Waals surface area contributed by atoms with Gasteiger partial charge in [0.2, 0.25) is 15.9 Å². The largest absolute Gasteiger partial charge is 0.324 e. The molecule has 1 aliphatic heterocycles. The van der Waals surface area contributed by atoms with Crippen molar-refractivity contribution in [3.63, 3.8) is 0 Å². The lowest BCUT2D eigenvalue weighted by molar-refractivity contribution is -0.114. The molecule has 0 radical (unpaired) electrons. The quantitative estimate of drug-likeness (QED) is 0.734. The van der Waals surface area contributed by atoms with Crippen molar-refractivity contribution in [2.24, 2.45) is 0 Å². The van der Waals surface area contributed by atoms with Gasteiger partial charge in [0.1, 0.15) is 5.82 Å². The Hall–Kier alpha value is -1.81. The van der Waals surface area contributed by atoms with Crippen LogP contribution in [-0.4, -0.2) is 38.9 Å². The lowest BCUT2D eigenvalue weighted by Gasteiger charge is -2.27. The summed E-state index contributed by atoms with van der Waals surface area (Å²) in [5, 5.41) is 6.33. The summed E-state index contributed by atoms with van der Waals surface area (Å²) in [4.78, 5) is 13.2. The van der Waals surface area contributed by atoms with Crippen molar-refractivity contribution in [3.05, 3.63) is 46.4 Å². The number of halogens is 1. The van der Waals surface area contributed by atoms with Gasteiger partial charge in [0.25, 0.3) is 0 Å². The molecule has 2 aromatic rings. The number of rotatable bonds is 7. The maximum atomic E-state index is 14.1. The van der Waals surface area contributed by atoms with Crippen molar-refractivity contribution in [1.82, 2.24) is 9.62 Å². The Balaban J connectivity index is 1.75. The number of carbonyl (C=O) groups excluding carboxylic acids is 1. The number of likely N-dealkylation sites (tertiary alicyclic amines) is 1. The number of carbonyl (C=O) groups is 1.